The summed E-state index contributed by atoms with van der Waals surface area (Å²) in [6.45, 7) is 7.61. The standard InChI is InChI=1S/C21H26N4O/c1-17(20-5-3-4-6-21(20)26-2)24-13-11-23(12-14-24)16-18-8-10-25-19(15-18)7-9-22-25/h3-10,15,17H,11-14,16H2,1-2H3. The third kappa shape index (κ3) is 3.45. The number of hydrogen-bond acceptors (Lipinski definition) is 4. The zero-order valence-electron chi connectivity index (χ0n) is 15.5. The third-order valence-corrected chi connectivity index (χ3v) is 5.41. The number of pyridine rings is 1. The van der Waals surface area contributed by atoms with Crippen molar-refractivity contribution in [1.82, 2.24) is 19.4 Å². The Bertz CT molecular complexity index is 867. The summed E-state index contributed by atoms with van der Waals surface area (Å²) in [4.78, 5) is 5.09. The lowest BCUT2D eigenvalue weighted by molar-refractivity contribution is 0.0969. The highest BCUT2D eigenvalue weighted by atomic mass is 16.5. The van der Waals surface area contributed by atoms with Crippen molar-refractivity contribution in [1.29, 1.82) is 0 Å². The molecule has 2 aromatic heterocycles. The molecule has 0 saturated carbocycles. The minimum Gasteiger partial charge on any atom is -0.496 e. The molecule has 4 rings (SSSR count). The van der Waals surface area contributed by atoms with E-state index < -0.39 is 0 Å². The average Bonchev–Trinajstić information content (AvgIpc) is 3.16. The molecule has 3 heterocycles. The number of rotatable bonds is 5. The molecular weight excluding hydrogens is 324 g/mol. The fraction of sp³-hybridized carbons (Fsp3) is 0.381. The molecule has 5 nitrogen and oxygen atoms in total. The van der Waals surface area contributed by atoms with E-state index in [-0.39, 0.29) is 0 Å². The van der Waals surface area contributed by atoms with Crippen molar-refractivity contribution in [2.45, 2.75) is 19.5 Å². The minimum atomic E-state index is 0.372. The van der Waals surface area contributed by atoms with Crippen molar-refractivity contribution < 1.29 is 4.74 Å². The van der Waals surface area contributed by atoms with E-state index in [1.807, 2.05) is 23.0 Å². The molecule has 0 radical (unpaired) electrons. The van der Waals surface area contributed by atoms with Gasteiger partial charge in [-0.15, -0.1) is 0 Å². The summed E-state index contributed by atoms with van der Waals surface area (Å²) in [6, 6.07) is 15.2. The lowest BCUT2D eigenvalue weighted by Crippen LogP contribution is -2.46. The van der Waals surface area contributed by atoms with Gasteiger partial charge in [0.2, 0.25) is 0 Å². The first-order chi connectivity index (χ1) is 12.7. The van der Waals surface area contributed by atoms with Crippen LogP contribution in [0.15, 0.2) is 54.9 Å². The van der Waals surface area contributed by atoms with Gasteiger partial charge in [-0.2, -0.15) is 5.10 Å². The molecule has 3 aromatic rings. The van der Waals surface area contributed by atoms with E-state index in [2.05, 4.69) is 58.2 Å². The van der Waals surface area contributed by atoms with Gasteiger partial charge in [-0.3, -0.25) is 9.80 Å². The molecule has 1 unspecified atom stereocenters. The van der Waals surface area contributed by atoms with E-state index in [0.717, 1.165) is 44.0 Å². The van der Waals surface area contributed by atoms with Gasteiger partial charge in [-0.1, -0.05) is 18.2 Å². The molecule has 1 aliphatic heterocycles. The van der Waals surface area contributed by atoms with Crippen LogP contribution in [0.3, 0.4) is 0 Å². The van der Waals surface area contributed by atoms with Gasteiger partial charge >= 0.3 is 0 Å². The third-order valence-electron chi connectivity index (χ3n) is 5.41. The smallest absolute Gasteiger partial charge is 0.123 e. The molecule has 1 fully saturated rings. The lowest BCUT2D eigenvalue weighted by atomic mass is 10.0. The Labute approximate surface area is 154 Å². The normalized spacial score (nSPS) is 17.5. The highest BCUT2D eigenvalue weighted by Crippen LogP contribution is 2.29. The van der Waals surface area contributed by atoms with Crippen LogP contribution < -0.4 is 4.74 Å². The molecule has 5 heteroatoms. The van der Waals surface area contributed by atoms with Crippen LogP contribution in [0.25, 0.3) is 5.52 Å². The minimum absolute atomic E-state index is 0.372. The quantitative estimate of drug-likeness (QED) is 0.707. The summed E-state index contributed by atoms with van der Waals surface area (Å²) in [5.74, 6) is 0.983. The zero-order chi connectivity index (χ0) is 17.9. The van der Waals surface area contributed by atoms with E-state index in [1.165, 1.54) is 11.1 Å². The molecule has 1 saturated heterocycles. The molecule has 0 bridgehead atoms. The molecular formula is C21H26N4O. The average molecular weight is 350 g/mol. The first-order valence-corrected chi connectivity index (χ1v) is 9.26. The van der Waals surface area contributed by atoms with Gasteiger partial charge in [0.25, 0.3) is 0 Å². The highest BCUT2D eigenvalue weighted by molar-refractivity contribution is 5.47. The Morgan fingerprint density at radius 2 is 1.88 bits per heavy atom. The van der Waals surface area contributed by atoms with Crippen LogP contribution in [0.1, 0.15) is 24.1 Å². The molecule has 0 spiro atoms. The van der Waals surface area contributed by atoms with Gasteiger partial charge in [0.1, 0.15) is 5.75 Å². The van der Waals surface area contributed by atoms with Crippen molar-refractivity contribution in [3.05, 3.63) is 66.0 Å². The van der Waals surface area contributed by atoms with Gasteiger partial charge in [-0.25, -0.2) is 4.52 Å². The molecule has 26 heavy (non-hydrogen) atoms. The fourth-order valence-corrected chi connectivity index (χ4v) is 3.84. The van der Waals surface area contributed by atoms with Crippen molar-refractivity contribution in [3.63, 3.8) is 0 Å². The molecule has 0 aliphatic carbocycles. The number of methoxy groups -OCH3 is 1. The summed E-state index contributed by atoms with van der Waals surface area (Å²) in [6.07, 6.45) is 3.89. The first-order valence-electron chi connectivity index (χ1n) is 9.26. The molecule has 1 atom stereocenters. The monoisotopic (exact) mass is 350 g/mol. The van der Waals surface area contributed by atoms with Crippen LogP contribution in [0.2, 0.25) is 0 Å². The fourth-order valence-electron chi connectivity index (χ4n) is 3.84. The maximum Gasteiger partial charge on any atom is 0.123 e. The summed E-state index contributed by atoms with van der Waals surface area (Å²) in [5.41, 5.74) is 3.78. The molecule has 136 valence electrons. The van der Waals surface area contributed by atoms with Crippen LogP contribution in [-0.2, 0) is 6.54 Å². The molecule has 0 amide bonds. The summed E-state index contributed by atoms with van der Waals surface area (Å²) >= 11 is 0. The number of benzene rings is 1. The number of nitrogens with zero attached hydrogens (tertiary/aromatic N) is 4. The maximum atomic E-state index is 5.54. The van der Waals surface area contributed by atoms with E-state index in [4.69, 9.17) is 4.74 Å². The van der Waals surface area contributed by atoms with E-state index >= 15 is 0 Å². The Morgan fingerprint density at radius 1 is 1.08 bits per heavy atom. The van der Waals surface area contributed by atoms with Crippen molar-refractivity contribution in [3.8, 4) is 5.75 Å². The van der Waals surface area contributed by atoms with Crippen LogP contribution in [0.4, 0.5) is 0 Å². The number of aromatic nitrogens is 2. The van der Waals surface area contributed by atoms with E-state index in [0.29, 0.717) is 6.04 Å². The number of hydrogen-bond donors (Lipinski definition) is 0. The second-order valence-corrected chi connectivity index (χ2v) is 6.97. The largest absolute Gasteiger partial charge is 0.496 e. The summed E-state index contributed by atoms with van der Waals surface area (Å²) in [7, 11) is 1.75. The molecule has 1 aromatic carbocycles. The van der Waals surface area contributed by atoms with Crippen LogP contribution in [0, 0.1) is 0 Å². The second kappa shape index (κ2) is 7.48. The van der Waals surface area contributed by atoms with Crippen molar-refractivity contribution in [2.24, 2.45) is 0 Å². The van der Waals surface area contributed by atoms with Crippen molar-refractivity contribution in [2.75, 3.05) is 33.3 Å². The van der Waals surface area contributed by atoms with Gasteiger partial charge in [0.15, 0.2) is 0 Å². The molecule has 0 N–H and O–H groups in total. The van der Waals surface area contributed by atoms with E-state index in [1.54, 1.807) is 7.11 Å². The zero-order valence-corrected chi connectivity index (χ0v) is 15.5. The number of para-hydroxylation sites is 1. The maximum absolute atomic E-state index is 5.54. The predicted molar refractivity (Wildman–Crippen MR) is 103 cm³/mol. The van der Waals surface area contributed by atoms with Crippen LogP contribution in [-0.4, -0.2) is 52.7 Å². The summed E-state index contributed by atoms with van der Waals surface area (Å²) < 4.78 is 7.45. The Morgan fingerprint density at radius 3 is 2.69 bits per heavy atom. The molecule has 1 aliphatic rings. The van der Waals surface area contributed by atoms with Gasteiger partial charge in [0, 0.05) is 56.7 Å². The van der Waals surface area contributed by atoms with Crippen LogP contribution in [0.5, 0.6) is 5.75 Å². The second-order valence-electron chi connectivity index (χ2n) is 6.97. The van der Waals surface area contributed by atoms with Crippen molar-refractivity contribution >= 4 is 5.52 Å². The van der Waals surface area contributed by atoms with Crippen LogP contribution >= 0.6 is 0 Å². The topological polar surface area (TPSA) is 33.0 Å². The van der Waals surface area contributed by atoms with Gasteiger partial charge in [0.05, 0.1) is 12.6 Å². The number of fused-ring (bicyclic) bond motifs is 1. The SMILES string of the molecule is COc1ccccc1C(C)N1CCN(Cc2ccn3nccc3c2)CC1. The lowest BCUT2D eigenvalue weighted by Gasteiger charge is -2.38. The van der Waals surface area contributed by atoms with Gasteiger partial charge < -0.3 is 4.74 Å². The summed E-state index contributed by atoms with van der Waals surface area (Å²) in [5, 5.41) is 4.27. The first kappa shape index (κ1) is 17.1. The Balaban J connectivity index is 1.37. The Kier molecular flexibility index (Phi) is 4.91. The van der Waals surface area contributed by atoms with E-state index in [9.17, 15) is 0 Å². The number of piperazine rings is 1. The highest BCUT2D eigenvalue weighted by Gasteiger charge is 2.23. The van der Waals surface area contributed by atoms with Gasteiger partial charge in [-0.05, 0) is 36.8 Å². The predicted octanol–water partition coefficient (Wildman–Crippen LogP) is 3.22. The number of ether oxygens (including phenoxy) is 1. The Hall–Kier alpha value is -2.37.